The van der Waals surface area contributed by atoms with Crippen LogP contribution in [0.5, 0.6) is 5.75 Å². The smallest absolute Gasteiger partial charge is 0.417 e. The molecule has 3 aromatic rings. The van der Waals surface area contributed by atoms with Crippen LogP contribution in [0.15, 0.2) is 64.9 Å². The average Bonchev–Trinajstić information content (AvgIpc) is 3.20. The van der Waals surface area contributed by atoms with Crippen LogP contribution in [0.25, 0.3) is 0 Å². The van der Waals surface area contributed by atoms with E-state index >= 15 is 0 Å². The molecule has 1 aromatic carbocycles. The topological polar surface area (TPSA) is 51.5 Å². The number of ether oxygens (including phenoxy) is 1. The molecule has 0 atom stereocenters. The number of halogens is 3. The lowest BCUT2D eigenvalue weighted by molar-refractivity contribution is -0.138. The first kappa shape index (κ1) is 20.7. The van der Waals surface area contributed by atoms with Gasteiger partial charge in [-0.05, 0) is 41.8 Å². The van der Waals surface area contributed by atoms with E-state index in [1.54, 1.807) is 24.3 Å². The third-order valence-corrected chi connectivity index (χ3v) is 5.06. The zero-order valence-electron chi connectivity index (χ0n) is 15.3. The van der Waals surface area contributed by atoms with Gasteiger partial charge in [0.1, 0.15) is 12.3 Å². The summed E-state index contributed by atoms with van der Waals surface area (Å²) in [6.45, 7) is -0.281. The monoisotopic (exact) mass is 422 g/mol. The minimum atomic E-state index is -4.61. The van der Waals surface area contributed by atoms with E-state index < -0.39 is 29.8 Å². The Kier molecular flexibility index (Phi) is 6.07. The molecule has 3 rings (SSSR count). The number of methoxy groups -OCH3 is 1. The fourth-order valence-electron chi connectivity index (χ4n) is 2.70. The number of hydrogen-bond donors (Lipinski definition) is 0. The molecule has 0 aliphatic rings. The summed E-state index contributed by atoms with van der Waals surface area (Å²) in [5.74, 6) is 0.0939. The first-order valence-electron chi connectivity index (χ1n) is 8.52. The van der Waals surface area contributed by atoms with Crippen molar-refractivity contribution in [3.63, 3.8) is 0 Å². The van der Waals surface area contributed by atoms with E-state index in [9.17, 15) is 22.8 Å². The molecule has 29 heavy (non-hydrogen) atoms. The zero-order valence-corrected chi connectivity index (χ0v) is 16.2. The Labute approximate surface area is 168 Å². The van der Waals surface area contributed by atoms with Crippen LogP contribution in [-0.2, 0) is 24.1 Å². The summed E-state index contributed by atoms with van der Waals surface area (Å²) in [5.41, 5.74) is -1.12. The van der Waals surface area contributed by atoms with Gasteiger partial charge in [0, 0.05) is 22.8 Å². The van der Waals surface area contributed by atoms with Gasteiger partial charge in [0.2, 0.25) is 5.91 Å². The summed E-state index contributed by atoms with van der Waals surface area (Å²) in [6, 6.07) is 11.9. The Balaban J connectivity index is 1.91. The van der Waals surface area contributed by atoms with Gasteiger partial charge in [-0.2, -0.15) is 13.2 Å². The van der Waals surface area contributed by atoms with E-state index in [2.05, 4.69) is 0 Å². The highest BCUT2D eigenvalue weighted by Gasteiger charge is 2.31. The van der Waals surface area contributed by atoms with E-state index in [0.29, 0.717) is 23.7 Å². The Hall–Kier alpha value is -3.07. The number of aromatic nitrogens is 1. The number of amides is 1. The molecule has 0 spiro atoms. The number of anilines is 1. The minimum absolute atomic E-state index is 0.233. The summed E-state index contributed by atoms with van der Waals surface area (Å²) in [6.07, 6.45) is -3.94. The SMILES string of the molecule is COc1ccc(N(Cc2cccs2)C(=O)Cn2cc(C(F)(F)F)ccc2=O)cc1. The highest BCUT2D eigenvalue weighted by molar-refractivity contribution is 7.09. The standard InChI is InChI=1S/C20H17F3N2O3S/c1-28-16-7-5-15(6-8-16)25(12-17-3-2-10-29-17)19(27)13-24-11-14(20(21,22)23)4-9-18(24)26/h2-11H,12-13H2,1H3. The lowest BCUT2D eigenvalue weighted by Crippen LogP contribution is -2.36. The number of alkyl halides is 3. The molecule has 9 heteroatoms. The Bertz CT molecular complexity index is 1030. The van der Waals surface area contributed by atoms with Gasteiger partial charge < -0.3 is 14.2 Å². The van der Waals surface area contributed by atoms with Gasteiger partial charge in [0.25, 0.3) is 5.56 Å². The molecule has 0 saturated carbocycles. The van der Waals surface area contributed by atoms with E-state index in [0.717, 1.165) is 15.5 Å². The average molecular weight is 422 g/mol. The second-order valence-electron chi connectivity index (χ2n) is 6.14. The van der Waals surface area contributed by atoms with Gasteiger partial charge in [-0.3, -0.25) is 9.59 Å². The molecule has 0 aliphatic carbocycles. The molecule has 1 amide bonds. The van der Waals surface area contributed by atoms with E-state index in [1.165, 1.54) is 23.3 Å². The van der Waals surface area contributed by atoms with Gasteiger partial charge in [0.05, 0.1) is 19.2 Å². The third kappa shape index (κ3) is 5.05. The van der Waals surface area contributed by atoms with Crippen LogP contribution in [-0.4, -0.2) is 17.6 Å². The summed E-state index contributed by atoms with van der Waals surface area (Å²) in [4.78, 5) is 27.3. The number of pyridine rings is 1. The van der Waals surface area contributed by atoms with Crippen molar-refractivity contribution in [1.29, 1.82) is 0 Å². The van der Waals surface area contributed by atoms with E-state index in [4.69, 9.17) is 4.74 Å². The molecule has 0 bridgehead atoms. The lowest BCUT2D eigenvalue weighted by atomic mass is 10.2. The molecule has 5 nitrogen and oxygen atoms in total. The van der Waals surface area contributed by atoms with Crippen molar-refractivity contribution in [3.05, 3.63) is 80.9 Å². The van der Waals surface area contributed by atoms with Crippen molar-refractivity contribution in [2.24, 2.45) is 0 Å². The first-order valence-corrected chi connectivity index (χ1v) is 9.40. The number of rotatable bonds is 6. The zero-order chi connectivity index (χ0) is 21.0. The van der Waals surface area contributed by atoms with Crippen LogP contribution in [0.2, 0.25) is 0 Å². The quantitative estimate of drug-likeness (QED) is 0.599. The Morgan fingerprint density at radius 1 is 1.14 bits per heavy atom. The molecule has 0 aliphatic heterocycles. The summed E-state index contributed by atoms with van der Waals surface area (Å²) in [7, 11) is 1.52. The van der Waals surface area contributed by atoms with E-state index in [1.807, 2.05) is 17.5 Å². The van der Waals surface area contributed by atoms with Gasteiger partial charge in [-0.1, -0.05) is 6.07 Å². The second kappa shape index (κ2) is 8.52. The molecular formula is C20H17F3N2O3S. The van der Waals surface area contributed by atoms with Crippen LogP contribution in [0, 0.1) is 0 Å². The molecule has 0 N–H and O–H groups in total. The molecule has 2 heterocycles. The largest absolute Gasteiger partial charge is 0.497 e. The Morgan fingerprint density at radius 2 is 1.86 bits per heavy atom. The molecule has 2 aromatic heterocycles. The number of carbonyl (C=O) groups is 1. The summed E-state index contributed by atoms with van der Waals surface area (Å²) in [5, 5.41) is 1.86. The number of benzene rings is 1. The highest BCUT2D eigenvalue weighted by atomic mass is 32.1. The van der Waals surface area contributed by atoms with E-state index in [-0.39, 0.29) is 6.54 Å². The number of hydrogen-bond acceptors (Lipinski definition) is 4. The Morgan fingerprint density at radius 3 is 2.45 bits per heavy atom. The first-order chi connectivity index (χ1) is 13.8. The van der Waals surface area contributed by atoms with Crippen molar-refractivity contribution < 1.29 is 22.7 Å². The normalized spacial score (nSPS) is 11.3. The summed E-state index contributed by atoms with van der Waals surface area (Å²) >= 11 is 1.45. The predicted octanol–water partition coefficient (Wildman–Crippen LogP) is 4.17. The van der Waals surface area contributed by atoms with Crippen LogP contribution in [0.4, 0.5) is 18.9 Å². The molecule has 0 unspecified atom stereocenters. The summed E-state index contributed by atoms with van der Waals surface area (Å²) < 4.78 is 44.8. The van der Waals surface area contributed by atoms with Crippen LogP contribution >= 0.6 is 11.3 Å². The highest BCUT2D eigenvalue weighted by Crippen LogP contribution is 2.28. The van der Waals surface area contributed by atoms with Gasteiger partial charge in [-0.25, -0.2) is 0 Å². The van der Waals surface area contributed by atoms with Crippen molar-refractivity contribution in [2.45, 2.75) is 19.3 Å². The maximum absolute atomic E-state index is 13.0. The maximum Gasteiger partial charge on any atom is 0.417 e. The molecular weight excluding hydrogens is 405 g/mol. The van der Waals surface area contributed by atoms with Gasteiger partial charge in [-0.15, -0.1) is 11.3 Å². The lowest BCUT2D eigenvalue weighted by Gasteiger charge is -2.23. The van der Waals surface area contributed by atoms with Gasteiger partial charge in [0.15, 0.2) is 0 Å². The van der Waals surface area contributed by atoms with Crippen LogP contribution in [0.3, 0.4) is 0 Å². The van der Waals surface area contributed by atoms with Crippen molar-refractivity contribution in [1.82, 2.24) is 4.57 Å². The fourth-order valence-corrected chi connectivity index (χ4v) is 3.39. The molecule has 152 valence electrons. The minimum Gasteiger partial charge on any atom is -0.497 e. The van der Waals surface area contributed by atoms with Crippen molar-refractivity contribution >= 4 is 22.9 Å². The predicted molar refractivity (Wildman–Crippen MR) is 104 cm³/mol. The fraction of sp³-hybridized carbons (Fsp3) is 0.200. The van der Waals surface area contributed by atoms with Crippen LogP contribution in [0.1, 0.15) is 10.4 Å². The van der Waals surface area contributed by atoms with Crippen LogP contribution < -0.4 is 15.2 Å². The maximum atomic E-state index is 13.0. The third-order valence-electron chi connectivity index (χ3n) is 4.20. The molecule has 0 fully saturated rings. The van der Waals surface area contributed by atoms with Crippen molar-refractivity contribution in [3.8, 4) is 5.75 Å². The number of nitrogens with zero attached hydrogens (tertiary/aromatic N) is 2. The molecule has 0 saturated heterocycles. The number of carbonyl (C=O) groups excluding carboxylic acids is 1. The van der Waals surface area contributed by atoms with Crippen molar-refractivity contribution in [2.75, 3.05) is 12.0 Å². The second-order valence-corrected chi connectivity index (χ2v) is 7.17. The van der Waals surface area contributed by atoms with Gasteiger partial charge >= 0.3 is 6.18 Å². The molecule has 0 radical (unpaired) electrons. The number of thiophene rings is 1.